The highest BCUT2D eigenvalue weighted by Gasteiger charge is 2.18. The van der Waals surface area contributed by atoms with Crippen molar-refractivity contribution in [1.82, 2.24) is 26.0 Å². The summed E-state index contributed by atoms with van der Waals surface area (Å²) >= 11 is 5.71. The molecule has 4 aromatic rings. The SMILES string of the molecule is CCOC(=O)N(NNC(=O)OCc1ccc(CCc2csc(NC(C)=O)n2)s1)Nc1ccc(CCc2csc(NC(C)=O)n2)s1. The number of hydrazine groups is 3. The zero-order valence-electron chi connectivity index (χ0n) is 24.6. The van der Waals surface area contributed by atoms with Gasteiger partial charge in [0.15, 0.2) is 10.3 Å². The summed E-state index contributed by atoms with van der Waals surface area (Å²) in [5.74, 6) is -0.316. The van der Waals surface area contributed by atoms with Crippen LogP contribution in [-0.2, 0) is 51.4 Å². The van der Waals surface area contributed by atoms with Crippen molar-refractivity contribution in [2.24, 2.45) is 0 Å². The molecule has 0 aromatic carbocycles. The van der Waals surface area contributed by atoms with Gasteiger partial charge in [-0.3, -0.25) is 15.0 Å². The van der Waals surface area contributed by atoms with E-state index in [0.29, 0.717) is 28.1 Å². The number of ether oxygens (including phenoxy) is 2. The number of carbonyl (C=O) groups is 4. The molecule has 18 heteroatoms. The van der Waals surface area contributed by atoms with Crippen LogP contribution in [0.2, 0.25) is 0 Å². The number of hydrogen-bond acceptors (Lipinski definition) is 14. The first-order valence-electron chi connectivity index (χ1n) is 13.7. The zero-order valence-corrected chi connectivity index (χ0v) is 27.9. The third-order valence-electron chi connectivity index (χ3n) is 5.59. The van der Waals surface area contributed by atoms with Crippen molar-refractivity contribution in [1.29, 1.82) is 0 Å². The molecular weight excluding hydrogens is 661 g/mol. The van der Waals surface area contributed by atoms with E-state index >= 15 is 0 Å². The second-order valence-corrected chi connectivity index (χ2v) is 13.4. The Morgan fingerprint density at radius 3 is 1.96 bits per heavy atom. The fourth-order valence-corrected chi connectivity index (χ4v) is 7.07. The minimum absolute atomic E-state index is 0.0496. The Hall–Kier alpha value is -4.10. The van der Waals surface area contributed by atoms with E-state index in [4.69, 9.17) is 9.47 Å². The maximum Gasteiger partial charge on any atom is 0.445 e. The third-order valence-corrected chi connectivity index (χ3v) is 9.37. The van der Waals surface area contributed by atoms with Crippen molar-refractivity contribution in [3.05, 3.63) is 61.0 Å². The van der Waals surface area contributed by atoms with Gasteiger partial charge in [0, 0.05) is 39.2 Å². The fourth-order valence-electron chi connectivity index (χ4n) is 3.66. The molecule has 4 aromatic heterocycles. The molecule has 4 rings (SSSR count). The van der Waals surface area contributed by atoms with Gasteiger partial charge in [0.25, 0.3) is 0 Å². The molecule has 0 fully saturated rings. The Balaban J connectivity index is 1.21. The van der Waals surface area contributed by atoms with E-state index < -0.39 is 12.2 Å². The van der Waals surface area contributed by atoms with Crippen molar-refractivity contribution in [2.45, 2.75) is 53.1 Å². The molecule has 0 saturated carbocycles. The summed E-state index contributed by atoms with van der Waals surface area (Å²) in [7, 11) is 0. The number of aryl methyl sites for hydroxylation is 4. The number of anilines is 3. The van der Waals surface area contributed by atoms with Crippen LogP contribution in [0.4, 0.5) is 24.9 Å². The Morgan fingerprint density at radius 1 is 0.778 bits per heavy atom. The second kappa shape index (κ2) is 16.8. The normalized spacial score (nSPS) is 10.6. The van der Waals surface area contributed by atoms with Crippen LogP contribution in [0.25, 0.3) is 0 Å². The van der Waals surface area contributed by atoms with Gasteiger partial charge < -0.3 is 20.1 Å². The molecule has 5 N–H and O–H groups in total. The van der Waals surface area contributed by atoms with Gasteiger partial charge in [0.1, 0.15) is 11.6 Å². The van der Waals surface area contributed by atoms with Gasteiger partial charge in [-0.25, -0.2) is 25.0 Å². The van der Waals surface area contributed by atoms with Crippen molar-refractivity contribution in [3.63, 3.8) is 0 Å². The van der Waals surface area contributed by atoms with Crippen LogP contribution < -0.4 is 27.0 Å². The molecule has 0 radical (unpaired) electrons. The molecule has 0 atom stereocenters. The highest BCUT2D eigenvalue weighted by atomic mass is 32.1. The highest BCUT2D eigenvalue weighted by molar-refractivity contribution is 7.16. The van der Waals surface area contributed by atoms with Gasteiger partial charge in [0.2, 0.25) is 11.8 Å². The summed E-state index contributed by atoms with van der Waals surface area (Å²) in [6.07, 6.45) is 1.33. The first-order chi connectivity index (χ1) is 21.7. The average Bonchev–Trinajstić information content (AvgIpc) is 3.80. The van der Waals surface area contributed by atoms with Gasteiger partial charge >= 0.3 is 12.2 Å². The third kappa shape index (κ3) is 11.4. The van der Waals surface area contributed by atoms with Crippen LogP contribution in [0, 0.1) is 0 Å². The predicted molar refractivity (Wildman–Crippen MR) is 175 cm³/mol. The van der Waals surface area contributed by atoms with Crippen LogP contribution in [0.3, 0.4) is 0 Å². The molecule has 240 valence electrons. The Bertz CT molecular complexity index is 1600. The quantitative estimate of drug-likeness (QED) is 0.102. The predicted octanol–water partition coefficient (Wildman–Crippen LogP) is 5.34. The number of rotatable bonds is 15. The van der Waals surface area contributed by atoms with Crippen LogP contribution >= 0.6 is 45.3 Å². The van der Waals surface area contributed by atoms with E-state index in [-0.39, 0.29) is 25.0 Å². The minimum atomic E-state index is -0.789. The molecule has 0 saturated heterocycles. The summed E-state index contributed by atoms with van der Waals surface area (Å²) in [6, 6.07) is 7.60. The summed E-state index contributed by atoms with van der Waals surface area (Å²) < 4.78 is 10.4. The van der Waals surface area contributed by atoms with E-state index in [1.807, 2.05) is 29.0 Å². The number of thiophene rings is 2. The molecule has 0 aliphatic carbocycles. The van der Waals surface area contributed by atoms with Crippen LogP contribution in [-0.4, -0.2) is 45.7 Å². The van der Waals surface area contributed by atoms with E-state index in [1.165, 1.54) is 59.2 Å². The Morgan fingerprint density at radius 2 is 1.36 bits per heavy atom. The van der Waals surface area contributed by atoms with E-state index in [0.717, 1.165) is 44.0 Å². The highest BCUT2D eigenvalue weighted by Crippen LogP contribution is 2.25. The van der Waals surface area contributed by atoms with Crippen LogP contribution in [0.5, 0.6) is 0 Å². The maximum atomic E-state index is 12.5. The number of hydrogen-bond donors (Lipinski definition) is 5. The zero-order chi connectivity index (χ0) is 32.2. The lowest BCUT2D eigenvalue weighted by Crippen LogP contribution is -2.55. The number of nitrogens with zero attached hydrogens (tertiary/aromatic N) is 3. The number of nitrogens with one attached hydrogen (secondary N) is 5. The Labute approximate surface area is 275 Å². The summed E-state index contributed by atoms with van der Waals surface area (Å²) in [5, 5.41) is 11.9. The fraction of sp³-hybridized carbons (Fsp3) is 0.333. The first kappa shape index (κ1) is 33.8. The maximum absolute atomic E-state index is 12.5. The van der Waals surface area contributed by atoms with Crippen molar-refractivity contribution in [3.8, 4) is 0 Å². The van der Waals surface area contributed by atoms with Crippen LogP contribution in [0.1, 0.15) is 46.8 Å². The molecule has 4 heterocycles. The summed E-state index contributed by atoms with van der Waals surface area (Å²) in [5.41, 5.74) is 9.49. The van der Waals surface area contributed by atoms with Gasteiger partial charge in [-0.05, 0) is 56.9 Å². The number of carbonyl (C=O) groups excluding carboxylic acids is 4. The monoisotopic (exact) mass is 692 g/mol. The molecule has 0 unspecified atom stereocenters. The number of amides is 4. The topological polar surface area (TPSA) is 176 Å². The van der Waals surface area contributed by atoms with Crippen LogP contribution in [0.15, 0.2) is 35.0 Å². The van der Waals surface area contributed by atoms with Crippen molar-refractivity contribution >= 4 is 84.6 Å². The Kier molecular flexibility index (Phi) is 12.6. The standard InChI is InChI=1S/C27H32N8O6S4/c1-4-40-27(39)35(33-23-12-11-21(45-23)8-6-19-15-43-25(31-19)29-17(3)37)34-32-26(38)41-13-22-10-9-20(44-22)7-5-18-14-42-24(30-18)28-16(2)36/h9-12,14-15,33-34H,4-8,13H2,1-3H3,(H,32,38)(H,28,30,36)(H,29,31,37). The molecule has 0 spiro atoms. The molecule has 14 nitrogen and oxygen atoms in total. The average molecular weight is 693 g/mol. The lowest BCUT2D eigenvalue weighted by molar-refractivity contribution is -0.115. The molecular formula is C27H32N8O6S4. The largest absolute Gasteiger partial charge is 0.447 e. The molecule has 0 aliphatic rings. The van der Waals surface area contributed by atoms with Gasteiger partial charge in [-0.15, -0.1) is 56.0 Å². The minimum Gasteiger partial charge on any atom is -0.447 e. The van der Waals surface area contributed by atoms with Gasteiger partial charge in [0.05, 0.1) is 18.0 Å². The van der Waals surface area contributed by atoms with Gasteiger partial charge in [-0.2, -0.15) is 0 Å². The van der Waals surface area contributed by atoms with Gasteiger partial charge in [-0.1, -0.05) is 0 Å². The molecule has 45 heavy (non-hydrogen) atoms. The number of thiazole rings is 2. The lowest BCUT2D eigenvalue weighted by Gasteiger charge is -2.22. The van der Waals surface area contributed by atoms with Crippen molar-refractivity contribution in [2.75, 3.05) is 22.7 Å². The molecule has 4 amide bonds. The first-order valence-corrected chi connectivity index (χ1v) is 17.1. The smallest absolute Gasteiger partial charge is 0.445 e. The van der Waals surface area contributed by atoms with E-state index in [1.54, 1.807) is 13.0 Å². The van der Waals surface area contributed by atoms with E-state index in [2.05, 4.69) is 37.0 Å². The van der Waals surface area contributed by atoms with Crippen molar-refractivity contribution < 1.29 is 28.7 Å². The second-order valence-electron chi connectivity index (χ2n) is 9.24. The molecule has 0 bridgehead atoms. The lowest BCUT2D eigenvalue weighted by atomic mass is 10.2. The summed E-state index contributed by atoms with van der Waals surface area (Å²) in [6.45, 7) is 4.74. The molecule has 0 aliphatic heterocycles. The summed E-state index contributed by atoms with van der Waals surface area (Å²) in [4.78, 5) is 59.0. The number of aromatic nitrogens is 2. The van der Waals surface area contributed by atoms with E-state index in [9.17, 15) is 19.2 Å².